The first-order chi connectivity index (χ1) is 9.45. The molecule has 1 aliphatic rings. The first-order valence-electron chi connectivity index (χ1n) is 6.92. The van der Waals surface area contributed by atoms with Crippen molar-refractivity contribution in [2.24, 2.45) is 5.92 Å². The average Bonchev–Trinajstić information content (AvgIpc) is 2.38. The fourth-order valence-electron chi connectivity index (χ4n) is 2.38. The van der Waals surface area contributed by atoms with Gasteiger partial charge in [0.2, 0.25) is 5.91 Å². The number of carbonyl (C=O) groups excluding carboxylic acids is 1. The van der Waals surface area contributed by atoms with Crippen LogP contribution >= 0.6 is 15.9 Å². The number of likely N-dealkylation sites (tertiary alicyclic amines) is 1. The van der Waals surface area contributed by atoms with Gasteiger partial charge in [0.15, 0.2) is 0 Å². The average molecular weight is 341 g/mol. The van der Waals surface area contributed by atoms with Crippen LogP contribution in [-0.2, 0) is 4.79 Å². The van der Waals surface area contributed by atoms with Gasteiger partial charge in [-0.25, -0.2) is 0 Å². The van der Waals surface area contributed by atoms with Crippen molar-refractivity contribution in [3.63, 3.8) is 0 Å². The molecule has 1 aromatic rings. The molecule has 0 radical (unpaired) electrons. The van der Waals surface area contributed by atoms with Crippen molar-refractivity contribution in [2.75, 3.05) is 25.0 Å². The molecule has 20 heavy (non-hydrogen) atoms. The van der Waals surface area contributed by atoms with E-state index in [0.717, 1.165) is 28.7 Å². The Morgan fingerprint density at radius 2 is 2.30 bits per heavy atom. The molecule has 5 heteroatoms. The Balaban J connectivity index is 1.87. The summed E-state index contributed by atoms with van der Waals surface area (Å²) in [6.45, 7) is 5.81. The number of carbonyl (C=O) groups is 1. The molecule has 110 valence electrons. The smallest absolute Gasteiger partial charge is 0.238 e. The van der Waals surface area contributed by atoms with Crippen LogP contribution in [0.4, 0.5) is 5.69 Å². The van der Waals surface area contributed by atoms with Crippen molar-refractivity contribution in [3.05, 3.63) is 28.2 Å². The number of piperidine rings is 1. The Morgan fingerprint density at radius 3 is 2.95 bits per heavy atom. The van der Waals surface area contributed by atoms with Crippen molar-refractivity contribution in [2.45, 2.75) is 26.4 Å². The highest BCUT2D eigenvalue weighted by Gasteiger charge is 2.25. The summed E-state index contributed by atoms with van der Waals surface area (Å²) in [5.74, 6) is 0.289. The van der Waals surface area contributed by atoms with Crippen LogP contribution in [0.5, 0.6) is 0 Å². The molecule has 2 atom stereocenters. The van der Waals surface area contributed by atoms with Crippen LogP contribution in [0.3, 0.4) is 0 Å². The predicted octanol–water partition coefficient (Wildman–Crippen LogP) is 2.40. The van der Waals surface area contributed by atoms with Gasteiger partial charge in [0.1, 0.15) is 0 Å². The van der Waals surface area contributed by atoms with E-state index in [0.29, 0.717) is 19.0 Å². The molecule has 1 aromatic carbocycles. The molecule has 1 heterocycles. The van der Waals surface area contributed by atoms with Gasteiger partial charge in [0.25, 0.3) is 0 Å². The number of hydrogen-bond donors (Lipinski definition) is 2. The van der Waals surface area contributed by atoms with Crippen LogP contribution in [0.1, 0.15) is 18.9 Å². The minimum atomic E-state index is -0.327. The number of β-amino-alcohol motifs (C(OH)–C–C–N with tert-alkyl or cyclic N) is 1. The maximum absolute atomic E-state index is 12.0. The highest BCUT2D eigenvalue weighted by molar-refractivity contribution is 9.10. The summed E-state index contributed by atoms with van der Waals surface area (Å²) in [7, 11) is 0. The molecule has 2 rings (SSSR count). The number of aryl methyl sites for hydroxylation is 1. The third-order valence-corrected chi connectivity index (χ3v) is 4.70. The van der Waals surface area contributed by atoms with E-state index in [-0.39, 0.29) is 12.0 Å². The SMILES string of the molecule is Cc1cc(NC(=O)CN2CCC(C)C(O)C2)ccc1Br. The second-order valence-corrected chi connectivity index (χ2v) is 6.43. The second kappa shape index (κ2) is 6.70. The minimum absolute atomic E-state index is 0.0338. The van der Waals surface area contributed by atoms with Gasteiger partial charge in [0.05, 0.1) is 12.6 Å². The summed E-state index contributed by atoms with van der Waals surface area (Å²) < 4.78 is 1.03. The van der Waals surface area contributed by atoms with Crippen LogP contribution in [-0.4, -0.2) is 41.7 Å². The molecule has 0 bridgehead atoms. The number of benzene rings is 1. The maximum atomic E-state index is 12.0. The number of aliphatic hydroxyl groups is 1. The van der Waals surface area contributed by atoms with Gasteiger partial charge in [-0.1, -0.05) is 22.9 Å². The van der Waals surface area contributed by atoms with Crippen LogP contribution in [0, 0.1) is 12.8 Å². The zero-order chi connectivity index (χ0) is 14.7. The fraction of sp³-hybridized carbons (Fsp3) is 0.533. The fourth-order valence-corrected chi connectivity index (χ4v) is 2.63. The van der Waals surface area contributed by atoms with E-state index >= 15 is 0 Å². The minimum Gasteiger partial charge on any atom is -0.392 e. The zero-order valence-corrected chi connectivity index (χ0v) is 13.5. The molecule has 1 aliphatic heterocycles. The molecule has 2 N–H and O–H groups in total. The Bertz CT molecular complexity index is 493. The molecular formula is C15H21BrN2O2. The Kier molecular flexibility index (Phi) is 5.18. The third kappa shape index (κ3) is 4.04. The largest absolute Gasteiger partial charge is 0.392 e. The van der Waals surface area contributed by atoms with Crippen molar-refractivity contribution in [1.82, 2.24) is 4.90 Å². The first-order valence-corrected chi connectivity index (χ1v) is 7.71. The van der Waals surface area contributed by atoms with E-state index < -0.39 is 0 Å². The van der Waals surface area contributed by atoms with Crippen LogP contribution in [0.25, 0.3) is 0 Å². The van der Waals surface area contributed by atoms with Crippen molar-refractivity contribution < 1.29 is 9.90 Å². The van der Waals surface area contributed by atoms with Crippen molar-refractivity contribution in [1.29, 1.82) is 0 Å². The number of hydrogen-bond acceptors (Lipinski definition) is 3. The van der Waals surface area contributed by atoms with E-state index in [1.807, 2.05) is 36.9 Å². The highest BCUT2D eigenvalue weighted by atomic mass is 79.9. The third-order valence-electron chi connectivity index (χ3n) is 3.81. The Hall–Kier alpha value is -0.910. The van der Waals surface area contributed by atoms with Gasteiger partial charge in [-0.3, -0.25) is 9.69 Å². The number of nitrogens with zero attached hydrogens (tertiary/aromatic N) is 1. The van der Waals surface area contributed by atoms with Gasteiger partial charge in [-0.2, -0.15) is 0 Å². The normalized spacial score (nSPS) is 23.6. The molecular weight excluding hydrogens is 320 g/mol. The molecule has 2 unspecified atom stereocenters. The van der Waals surface area contributed by atoms with Gasteiger partial charge in [0, 0.05) is 16.7 Å². The predicted molar refractivity (Wildman–Crippen MR) is 83.7 cm³/mol. The van der Waals surface area contributed by atoms with E-state index in [9.17, 15) is 9.90 Å². The molecule has 1 amide bonds. The number of nitrogens with one attached hydrogen (secondary N) is 1. The number of aliphatic hydroxyl groups excluding tert-OH is 1. The number of rotatable bonds is 3. The number of amides is 1. The summed E-state index contributed by atoms with van der Waals surface area (Å²) in [5, 5.41) is 12.7. The monoisotopic (exact) mass is 340 g/mol. The lowest BCUT2D eigenvalue weighted by Crippen LogP contribution is -2.45. The van der Waals surface area contributed by atoms with Crippen molar-refractivity contribution in [3.8, 4) is 0 Å². The maximum Gasteiger partial charge on any atom is 0.238 e. The molecule has 0 aliphatic carbocycles. The standard InChI is InChI=1S/C15H21BrN2O2/c1-10-5-6-18(8-14(10)19)9-15(20)17-12-3-4-13(16)11(2)7-12/h3-4,7,10,14,19H,5-6,8-9H2,1-2H3,(H,17,20). The van der Waals surface area contributed by atoms with Gasteiger partial charge in [-0.15, -0.1) is 0 Å². The number of halogens is 1. The summed E-state index contributed by atoms with van der Waals surface area (Å²) in [6.07, 6.45) is 0.609. The molecule has 0 saturated carbocycles. The Labute approximate surface area is 128 Å². The first kappa shape index (κ1) is 15.5. The van der Waals surface area contributed by atoms with E-state index in [1.54, 1.807) is 0 Å². The van der Waals surface area contributed by atoms with Crippen LogP contribution < -0.4 is 5.32 Å². The second-order valence-electron chi connectivity index (χ2n) is 5.58. The van der Waals surface area contributed by atoms with E-state index in [1.165, 1.54) is 0 Å². The van der Waals surface area contributed by atoms with Crippen LogP contribution in [0.15, 0.2) is 22.7 Å². The summed E-state index contributed by atoms with van der Waals surface area (Å²) in [4.78, 5) is 14.0. The van der Waals surface area contributed by atoms with Gasteiger partial charge >= 0.3 is 0 Å². The number of anilines is 1. The van der Waals surface area contributed by atoms with Crippen molar-refractivity contribution >= 4 is 27.5 Å². The van der Waals surface area contributed by atoms with Crippen LogP contribution in [0.2, 0.25) is 0 Å². The lowest BCUT2D eigenvalue weighted by Gasteiger charge is -2.33. The lowest BCUT2D eigenvalue weighted by atomic mass is 9.96. The quantitative estimate of drug-likeness (QED) is 0.888. The molecule has 0 spiro atoms. The Morgan fingerprint density at radius 1 is 1.55 bits per heavy atom. The molecule has 1 fully saturated rings. The molecule has 1 saturated heterocycles. The summed E-state index contributed by atoms with van der Waals surface area (Å²) in [6, 6.07) is 5.74. The highest BCUT2D eigenvalue weighted by Crippen LogP contribution is 2.20. The van der Waals surface area contributed by atoms with Gasteiger partial charge in [-0.05, 0) is 49.6 Å². The topological polar surface area (TPSA) is 52.6 Å². The molecule has 4 nitrogen and oxygen atoms in total. The zero-order valence-electron chi connectivity index (χ0n) is 11.9. The van der Waals surface area contributed by atoms with E-state index in [4.69, 9.17) is 0 Å². The summed E-state index contributed by atoms with van der Waals surface area (Å²) >= 11 is 3.44. The van der Waals surface area contributed by atoms with E-state index in [2.05, 4.69) is 21.2 Å². The van der Waals surface area contributed by atoms with Gasteiger partial charge < -0.3 is 10.4 Å². The summed E-state index contributed by atoms with van der Waals surface area (Å²) in [5.41, 5.74) is 1.90. The lowest BCUT2D eigenvalue weighted by molar-refractivity contribution is -0.118. The molecule has 0 aromatic heterocycles.